The number of amides is 1. The molecule has 0 saturated carbocycles. The van der Waals surface area contributed by atoms with E-state index in [9.17, 15) is 18.3 Å². The number of phenols is 1. The van der Waals surface area contributed by atoms with Crippen LogP contribution in [0.15, 0.2) is 95.5 Å². The molecule has 0 aliphatic carbocycles. The minimum atomic E-state index is -3.99. The molecule has 0 fully saturated rings. The first kappa shape index (κ1) is 31.8. The van der Waals surface area contributed by atoms with Crippen molar-refractivity contribution in [2.45, 2.75) is 39.7 Å². The van der Waals surface area contributed by atoms with Gasteiger partial charge in [-0.3, -0.25) is 4.90 Å². The van der Waals surface area contributed by atoms with Gasteiger partial charge in [-0.05, 0) is 29.5 Å². The molecule has 4 rings (SSSR count). The molecule has 1 unspecified atom stereocenters. The summed E-state index contributed by atoms with van der Waals surface area (Å²) in [7, 11) is -3.99. The van der Waals surface area contributed by atoms with Crippen molar-refractivity contribution in [3.8, 4) is 17.1 Å². The summed E-state index contributed by atoms with van der Waals surface area (Å²) in [6.45, 7) is 4.42. The number of phenolic OH excluding ortho intramolecular Hbond substituents is 1. The van der Waals surface area contributed by atoms with Gasteiger partial charge in [-0.1, -0.05) is 99.1 Å². The van der Waals surface area contributed by atoms with Crippen LogP contribution in [0.5, 0.6) is 5.75 Å². The van der Waals surface area contributed by atoms with Gasteiger partial charge < -0.3 is 14.3 Å². The van der Waals surface area contributed by atoms with Gasteiger partial charge in [-0.2, -0.15) is 4.31 Å². The largest absolute Gasteiger partial charge is 0.508 e. The summed E-state index contributed by atoms with van der Waals surface area (Å²) >= 11 is 0. The van der Waals surface area contributed by atoms with Crippen molar-refractivity contribution < 1.29 is 27.5 Å². The number of hydrogen-bond donors (Lipinski definition) is 1. The third kappa shape index (κ3) is 9.42. The standard InChI is InChI=1S/C33H39N3O6S/c1-3-26(2)23-35(33(38)41-24-27-12-6-4-7-13-27)25-43(39,40)36(20-18-28-14-10-11-17-30(28)37)21-19-32-34-22-31(42-32)29-15-8-5-9-16-29/h4-17,22,26,37H,3,18-21,23-25H2,1-2H3. The fourth-order valence-electron chi connectivity index (χ4n) is 4.51. The minimum absolute atomic E-state index is 0.0433. The molecule has 0 bridgehead atoms. The number of carbonyl (C=O) groups is 1. The topological polar surface area (TPSA) is 113 Å². The number of oxazole rings is 1. The molecular formula is C33H39N3O6S. The van der Waals surface area contributed by atoms with Gasteiger partial charge in [0.15, 0.2) is 11.7 Å². The van der Waals surface area contributed by atoms with E-state index in [-0.39, 0.29) is 50.8 Å². The zero-order chi connectivity index (χ0) is 30.7. The summed E-state index contributed by atoms with van der Waals surface area (Å²) in [5, 5.41) is 10.3. The zero-order valence-electron chi connectivity index (χ0n) is 24.6. The fraction of sp³-hybridized carbons (Fsp3) is 0.333. The molecule has 0 aliphatic rings. The number of ether oxygens (including phenoxy) is 1. The first-order valence-corrected chi connectivity index (χ1v) is 16.1. The Morgan fingerprint density at radius 1 is 0.953 bits per heavy atom. The van der Waals surface area contributed by atoms with Crippen LogP contribution in [0.4, 0.5) is 4.79 Å². The predicted octanol–water partition coefficient (Wildman–Crippen LogP) is 6.11. The Hall–Kier alpha value is -4.15. The molecule has 0 spiro atoms. The molecule has 1 atom stereocenters. The lowest BCUT2D eigenvalue weighted by Gasteiger charge is -2.28. The maximum atomic E-state index is 13.9. The molecule has 4 aromatic rings. The Kier molecular flexibility index (Phi) is 11.4. The van der Waals surface area contributed by atoms with Crippen molar-refractivity contribution >= 4 is 16.1 Å². The van der Waals surface area contributed by atoms with Crippen molar-refractivity contribution in [1.29, 1.82) is 0 Å². The highest BCUT2D eigenvalue weighted by molar-refractivity contribution is 7.89. The number of benzene rings is 3. The van der Waals surface area contributed by atoms with E-state index in [1.54, 1.807) is 30.5 Å². The Morgan fingerprint density at radius 2 is 1.60 bits per heavy atom. The van der Waals surface area contributed by atoms with Crippen LogP contribution < -0.4 is 0 Å². The van der Waals surface area contributed by atoms with E-state index in [4.69, 9.17) is 9.15 Å². The molecule has 10 heteroatoms. The zero-order valence-corrected chi connectivity index (χ0v) is 25.4. The second kappa shape index (κ2) is 15.4. The number of aromatic nitrogens is 1. The molecule has 0 aliphatic heterocycles. The normalized spacial score (nSPS) is 12.3. The van der Waals surface area contributed by atoms with Crippen molar-refractivity contribution in [2.24, 2.45) is 5.92 Å². The van der Waals surface area contributed by atoms with Gasteiger partial charge in [-0.25, -0.2) is 18.2 Å². The van der Waals surface area contributed by atoms with E-state index in [0.717, 1.165) is 17.5 Å². The highest BCUT2D eigenvalue weighted by Crippen LogP contribution is 2.22. The summed E-state index contributed by atoms with van der Waals surface area (Å²) in [6, 6.07) is 25.6. The van der Waals surface area contributed by atoms with Crippen LogP contribution in [0.3, 0.4) is 0 Å². The lowest BCUT2D eigenvalue weighted by molar-refractivity contribution is 0.0966. The van der Waals surface area contributed by atoms with Gasteiger partial charge >= 0.3 is 6.09 Å². The lowest BCUT2D eigenvalue weighted by Crippen LogP contribution is -2.45. The average Bonchev–Trinajstić information content (AvgIpc) is 3.50. The average molecular weight is 606 g/mol. The molecule has 3 aromatic carbocycles. The summed E-state index contributed by atoms with van der Waals surface area (Å²) in [6.07, 6.45) is 2.23. The summed E-state index contributed by atoms with van der Waals surface area (Å²) in [5.74, 6) is 0.633. The first-order chi connectivity index (χ1) is 20.7. The van der Waals surface area contributed by atoms with Crippen LogP contribution >= 0.6 is 0 Å². The van der Waals surface area contributed by atoms with Gasteiger partial charge in [0.25, 0.3) is 0 Å². The van der Waals surface area contributed by atoms with E-state index in [1.165, 1.54) is 9.21 Å². The number of hydrogen-bond acceptors (Lipinski definition) is 7. The van der Waals surface area contributed by atoms with Gasteiger partial charge in [-0.15, -0.1) is 0 Å². The molecule has 43 heavy (non-hydrogen) atoms. The van der Waals surface area contributed by atoms with E-state index in [0.29, 0.717) is 17.2 Å². The monoisotopic (exact) mass is 605 g/mol. The van der Waals surface area contributed by atoms with Crippen LogP contribution in [0.2, 0.25) is 0 Å². The SMILES string of the molecule is CCC(C)CN(CS(=O)(=O)N(CCc1ncc(-c2ccccc2)o1)CCc1ccccc1O)C(=O)OCc1ccccc1. The summed E-state index contributed by atoms with van der Waals surface area (Å²) in [4.78, 5) is 18.8. The molecule has 1 amide bonds. The number of aromatic hydroxyl groups is 1. The maximum Gasteiger partial charge on any atom is 0.411 e. The smallest absolute Gasteiger partial charge is 0.411 e. The number of para-hydroxylation sites is 1. The molecule has 1 N–H and O–H groups in total. The summed E-state index contributed by atoms with van der Waals surface area (Å²) < 4.78 is 40.6. The quantitative estimate of drug-likeness (QED) is 0.174. The van der Waals surface area contributed by atoms with Gasteiger partial charge in [0.1, 0.15) is 18.2 Å². The number of sulfonamides is 1. The van der Waals surface area contributed by atoms with Crippen molar-refractivity contribution in [1.82, 2.24) is 14.2 Å². The van der Waals surface area contributed by atoms with Gasteiger partial charge in [0, 0.05) is 31.6 Å². The molecule has 0 radical (unpaired) electrons. The third-order valence-corrected chi connectivity index (χ3v) is 9.00. The Labute approximate surface area is 253 Å². The van der Waals surface area contributed by atoms with E-state index in [1.807, 2.05) is 74.5 Å². The molecule has 228 valence electrons. The van der Waals surface area contributed by atoms with E-state index >= 15 is 0 Å². The van der Waals surface area contributed by atoms with Crippen LogP contribution in [0.1, 0.15) is 37.3 Å². The Morgan fingerprint density at radius 3 is 2.30 bits per heavy atom. The number of rotatable bonds is 15. The first-order valence-electron chi connectivity index (χ1n) is 14.5. The van der Waals surface area contributed by atoms with Crippen molar-refractivity contribution in [3.63, 3.8) is 0 Å². The number of nitrogens with zero attached hydrogens (tertiary/aromatic N) is 3. The Bertz CT molecular complexity index is 1540. The van der Waals surface area contributed by atoms with Crippen LogP contribution in [-0.4, -0.2) is 59.3 Å². The van der Waals surface area contributed by atoms with E-state index in [2.05, 4.69) is 4.98 Å². The molecule has 1 heterocycles. The lowest BCUT2D eigenvalue weighted by atomic mass is 10.1. The maximum absolute atomic E-state index is 13.9. The predicted molar refractivity (Wildman–Crippen MR) is 166 cm³/mol. The van der Waals surface area contributed by atoms with Crippen molar-refractivity contribution in [3.05, 3.63) is 108 Å². The summed E-state index contributed by atoms with van der Waals surface area (Å²) in [5.41, 5.74) is 2.32. The minimum Gasteiger partial charge on any atom is -0.508 e. The fourth-order valence-corrected chi connectivity index (χ4v) is 6.02. The molecule has 9 nitrogen and oxygen atoms in total. The molecule has 1 aromatic heterocycles. The molecule has 0 saturated heterocycles. The second-order valence-corrected chi connectivity index (χ2v) is 12.5. The molecular weight excluding hydrogens is 566 g/mol. The van der Waals surface area contributed by atoms with Crippen LogP contribution in [0, 0.1) is 5.92 Å². The highest BCUT2D eigenvalue weighted by atomic mass is 32.2. The van der Waals surface area contributed by atoms with Crippen LogP contribution in [0.25, 0.3) is 11.3 Å². The highest BCUT2D eigenvalue weighted by Gasteiger charge is 2.29. The third-order valence-electron chi connectivity index (χ3n) is 7.21. The Balaban J connectivity index is 1.51. The van der Waals surface area contributed by atoms with Gasteiger partial charge in [0.05, 0.1) is 6.20 Å². The van der Waals surface area contributed by atoms with E-state index < -0.39 is 22.0 Å². The number of carbonyl (C=O) groups excluding carboxylic acids is 1. The van der Waals surface area contributed by atoms with Crippen LogP contribution in [-0.2, 0) is 34.2 Å². The van der Waals surface area contributed by atoms with Gasteiger partial charge in [0.2, 0.25) is 10.0 Å². The second-order valence-electron chi connectivity index (χ2n) is 10.5. The van der Waals surface area contributed by atoms with Crippen molar-refractivity contribution in [2.75, 3.05) is 25.5 Å².